The third-order valence-electron chi connectivity index (χ3n) is 7.00. The van der Waals surface area contributed by atoms with Gasteiger partial charge in [0.05, 0.1) is 19.6 Å². The van der Waals surface area contributed by atoms with Crippen LogP contribution in [0, 0.1) is 0 Å². The number of benzene rings is 1. The van der Waals surface area contributed by atoms with Crippen molar-refractivity contribution >= 4 is 11.8 Å². The maximum atomic E-state index is 2.38. The largest absolute Gasteiger partial charge is 0.320 e. The van der Waals surface area contributed by atoms with E-state index in [0.717, 1.165) is 0 Å². The summed E-state index contributed by atoms with van der Waals surface area (Å²) in [4.78, 5) is 1.37. The number of thioether (sulfide) groups is 1. The van der Waals surface area contributed by atoms with Crippen LogP contribution in [0.1, 0.15) is 116 Å². The molecule has 2 heteroatoms. The van der Waals surface area contributed by atoms with Crippen LogP contribution in [0.4, 0.5) is 0 Å². The minimum atomic E-state index is 1.19. The van der Waals surface area contributed by atoms with Gasteiger partial charge in [0.2, 0.25) is 0 Å². The minimum absolute atomic E-state index is 1.19. The van der Waals surface area contributed by atoms with Crippen LogP contribution in [-0.2, 0) is 6.54 Å². The summed E-state index contributed by atoms with van der Waals surface area (Å²) in [7, 11) is 0. The fourth-order valence-electron chi connectivity index (χ4n) is 4.60. The van der Waals surface area contributed by atoms with E-state index in [0.29, 0.717) is 0 Å². The first-order valence-electron chi connectivity index (χ1n) is 13.2. The van der Waals surface area contributed by atoms with Crippen molar-refractivity contribution in [2.75, 3.05) is 25.9 Å². The van der Waals surface area contributed by atoms with E-state index in [2.05, 4.69) is 51.3 Å². The van der Waals surface area contributed by atoms with E-state index in [-0.39, 0.29) is 0 Å². The third kappa shape index (κ3) is 12.4. The van der Waals surface area contributed by atoms with Crippen molar-refractivity contribution in [3.63, 3.8) is 0 Å². The first-order chi connectivity index (χ1) is 14.7. The highest BCUT2D eigenvalue weighted by Crippen LogP contribution is 2.20. The fourth-order valence-corrected chi connectivity index (χ4v) is 5.01. The number of unbranched alkanes of at least 4 members (excludes halogenated alkanes) is 13. The van der Waals surface area contributed by atoms with Crippen LogP contribution in [0.15, 0.2) is 29.2 Å². The molecule has 0 unspecified atom stereocenters. The second kappa shape index (κ2) is 18.1. The Bertz CT molecular complexity index is 492. The molecule has 0 heterocycles. The molecule has 0 N–H and O–H groups in total. The summed E-state index contributed by atoms with van der Waals surface area (Å²) in [5, 5.41) is 0. The molecule has 1 rings (SSSR count). The highest BCUT2D eigenvalue weighted by Gasteiger charge is 2.23. The van der Waals surface area contributed by atoms with Crippen molar-refractivity contribution in [3.8, 4) is 0 Å². The van der Waals surface area contributed by atoms with Gasteiger partial charge >= 0.3 is 0 Å². The van der Waals surface area contributed by atoms with Crippen LogP contribution in [0.2, 0.25) is 0 Å². The molecule has 0 aromatic heterocycles. The van der Waals surface area contributed by atoms with Crippen molar-refractivity contribution in [2.24, 2.45) is 0 Å². The average molecular weight is 435 g/mol. The van der Waals surface area contributed by atoms with E-state index >= 15 is 0 Å². The van der Waals surface area contributed by atoms with Crippen molar-refractivity contribution in [1.82, 2.24) is 0 Å². The van der Waals surface area contributed by atoms with Gasteiger partial charge in [0, 0.05) is 10.5 Å². The standard InChI is InChI=1S/C28H52NS/c1-5-8-9-10-11-12-13-14-15-16-17-18-19-20-25-29(6-2,7-3)26-27-21-23-28(30-4)24-22-27/h21-24H,5-20,25-26H2,1-4H3/q+1. The normalized spacial score (nSPS) is 11.9. The Morgan fingerprint density at radius 1 is 0.600 bits per heavy atom. The predicted octanol–water partition coefficient (Wildman–Crippen LogP) is 9.25. The number of hydrogen-bond acceptors (Lipinski definition) is 1. The molecule has 0 fully saturated rings. The molecule has 174 valence electrons. The molecule has 0 spiro atoms. The van der Waals surface area contributed by atoms with Gasteiger partial charge in [-0.25, -0.2) is 0 Å². The minimum Gasteiger partial charge on any atom is -0.320 e. The molecule has 0 bridgehead atoms. The quantitative estimate of drug-likeness (QED) is 0.112. The Kier molecular flexibility index (Phi) is 16.7. The zero-order valence-electron chi connectivity index (χ0n) is 20.9. The highest BCUT2D eigenvalue weighted by atomic mass is 32.2. The first kappa shape index (κ1) is 27.6. The van der Waals surface area contributed by atoms with E-state index < -0.39 is 0 Å². The lowest BCUT2D eigenvalue weighted by Crippen LogP contribution is -2.47. The first-order valence-corrected chi connectivity index (χ1v) is 14.4. The van der Waals surface area contributed by atoms with Gasteiger partial charge in [-0.3, -0.25) is 0 Å². The van der Waals surface area contributed by atoms with Gasteiger partial charge in [-0.1, -0.05) is 96.1 Å². The van der Waals surface area contributed by atoms with E-state index in [1.165, 1.54) is 131 Å². The van der Waals surface area contributed by atoms with Crippen LogP contribution in [0.25, 0.3) is 0 Å². The lowest BCUT2D eigenvalue weighted by atomic mass is 10.0. The second-order valence-electron chi connectivity index (χ2n) is 9.30. The summed E-state index contributed by atoms with van der Waals surface area (Å²) in [5.41, 5.74) is 1.50. The van der Waals surface area contributed by atoms with Gasteiger partial charge < -0.3 is 4.48 Å². The van der Waals surface area contributed by atoms with Gasteiger partial charge in [0.1, 0.15) is 6.54 Å². The lowest BCUT2D eigenvalue weighted by molar-refractivity contribution is -0.938. The molecule has 1 aromatic carbocycles. The van der Waals surface area contributed by atoms with Crippen LogP contribution in [0.5, 0.6) is 0 Å². The molecule has 0 saturated carbocycles. The molecule has 1 aromatic rings. The van der Waals surface area contributed by atoms with Gasteiger partial charge in [-0.15, -0.1) is 11.8 Å². The highest BCUT2D eigenvalue weighted by molar-refractivity contribution is 7.98. The van der Waals surface area contributed by atoms with Gasteiger partial charge in [0.15, 0.2) is 0 Å². The van der Waals surface area contributed by atoms with Crippen LogP contribution < -0.4 is 0 Å². The fraction of sp³-hybridized carbons (Fsp3) is 0.786. The Morgan fingerprint density at radius 3 is 1.43 bits per heavy atom. The van der Waals surface area contributed by atoms with E-state index in [4.69, 9.17) is 0 Å². The zero-order valence-corrected chi connectivity index (χ0v) is 21.7. The molecule has 0 saturated heterocycles. The SMILES string of the molecule is CCCCCCCCCCCCCCCC[N+](CC)(CC)Cc1ccc(SC)cc1. The monoisotopic (exact) mass is 434 g/mol. The molecular formula is C28H52NS+. The van der Waals surface area contributed by atoms with Gasteiger partial charge in [0.25, 0.3) is 0 Å². The van der Waals surface area contributed by atoms with Crippen molar-refractivity contribution < 1.29 is 4.48 Å². The van der Waals surface area contributed by atoms with Crippen molar-refractivity contribution in [1.29, 1.82) is 0 Å². The molecule has 0 aliphatic heterocycles. The average Bonchev–Trinajstić information content (AvgIpc) is 2.79. The molecule has 0 amide bonds. The molecule has 0 atom stereocenters. The molecular weight excluding hydrogens is 382 g/mol. The van der Waals surface area contributed by atoms with E-state index in [1.54, 1.807) is 0 Å². The van der Waals surface area contributed by atoms with Gasteiger partial charge in [-0.05, 0) is 45.1 Å². The molecule has 30 heavy (non-hydrogen) atoms. The number of rotatable bonds is 20. The Labute approximate surface area is 194 Å². The molecule has 1 nitrogen and oxygen atoms in total. The summed E-state index contributed by atoms with van der Waals surface area (Å²) in [6, 6.07) is 9.25. The van der Waals surface area contributed by atoms with Crippen LogP contribution >= 0.6 is 11.8 Å². The Morgan fingerprint density at radius 2 is 1.03 bits per heavy atom. The Hall–Kier alpha value is -0.470. The predicted molar refractivity (Wildman–Crippen MR) is 138 cm³/mol. The molecule has 0 radical (unpaired) electrons. The lowest BCUT2D eigenvalue weighted by Gasteiger charge is -2.37. The summed E-state index contributed by atoms with van der Waals surface area (Å²) in [6.07, 6.45) is 22.4. The summed E-state index contributed by atoms with van der Waals surface area (Å²) < 4.78 is 1.25. The summed E-state index contributed by atoms with van der Waals surface area (Å²) in [6.45, 7) is 12.1. The maximum Gasteiger partial charge on any atom is 0.104 e. The maximum absolute atomic E-state index is 2.38. The van der Waals surface area contributed by atoms with Crippen LogP contribution in [-0.4, -0.2) is 30.4 Å². The van der Waals surface area contributed by atoms with Crippen molar-refractivity contribution in [2.45, 2.75) is 122 Å². The number of nitrogens with zero attached hydrogens (tertiary/aromatic N) is 1. The summed E-state index contributed by atoms with van der Waals surface area (Å²) >= 11 is 1.83. The number of hydrogen-bond donors (Lipinski definition) is 0. The summed E-state index contributed by atoms with van der Waals surface area (Å²) in [5.74, 6) is 0. The topological polar surface area (TPSA) is 0 Å². The van der Waals surface area contributed by atoms with E-state index in [1.807, 2.05) is 11.8 Å². The Balaban J connectivity index is 2.09. The molecule has 0 aliphatic rings. The van der Waals surface area contributed by atoms with E-state index in [9.17, 15) is 0 Å². The van der Waals surface area contributed by atoms with Crippen molar-refractivity contribution in [3.05, 3.63) is 29.8 Å². The van der Waals surface area contributed by atoms with Gasteiger partial charge in [-0.2, -0.15) is 0 Å². The molecule has 0 aliphatic carbocycles. The number of quaternary nitrogens is 1. The smallest absolute Gasteiger partial charge is 0.104 e. The van der Waals surface area contributed by atoms with Crippen LogP contribution in [0.3, 0.4) is 0 Å². The third-order valence-corrected chi connectivity index (χ3v) is 7.75. The zero-order chi connectivity index (χ0) is 21.9. The second-order valence-corrected chi connectivity index (χ2v) is 10.2.